The van der Waals surface area contributed by atoms with Gasteiger partial charge in [-0.1, -0.05) is 35.3 Å². The molecular formula is C30H27Cl2F3N6O4. The molecule has 0 bridgehead atoms. The number of halogens is 5. The average Bonchev–Trinajstić information content (AvgIpc) is 3.80. The lowest BCUT2D eigenvalue weighted by molar-refractivity contribution is -0.274. The van der Waals surface area contributed by atoms with Crippen molar-refractivity contribution in [2.24, 2.45) is 0 Å². The third-order valence-corrected chi connectivity index (χ3v) is 7.71. The quantitative estimate of drug-likeness (QED) is 0.177. The third kappa shape index (κ3) is 7.72. The van der Waals surface area contributed by atoms with E-state index in [1.54, 1.807) is 24.3 Å². The molecule has 2 fully saturated rings. The molecule has 3 N–H and O–H groups in total. The maximum atomic E-state index is 12.7. The van der Waals surface area contributed by atoms with Crippen molar-refractivity contribution in [1.82, 2.24) is 20.2 Å². The van der Waals surface area contributed by atoms with Crippen molar-refractivity contribution in [2.75, 3.05) is 36.8 Å². The van der Waals surface area contributed by atoms with Crippen LogP contribution >= 0.6 is 23.2 Å². The Hall–Kier alpha value is -4.20. The Morgan fingerprint density at radius 2 is 1.53 bits per heavy atom. The van der Waals surface area contributed by atoms with Gasteiger partial charge in [0.2, 0.25) is 0 Å². The zero-order valence-electron chi connectivity index (χ0n) is 23.5. The maximum Gasteiger partial charge on any atom is 0.573 e. The molecule has 0 aliphatic carbocycles. The van der Waals surface area contributed by atoms with Gasteiger partial charge in [-0.15, -0.1) is 13.2 Å². The molecule has 236 valence electrons. The number of alkyl halides is 3. The number of benzene rings is 3. The Kier molecular flexibility index (Phi) is 8.92. The molecule has 1 amide bonds. The number of para-hydroxylation sites is 1. The van der Waals surface area contributed by atoms with Crippen LogP contribution in [0.3, 0.4) is 0 Å². The molecule has 2 aliphatic heterocycles. The number of hydrogen-bond acceptors (Lipinski definition) is 9. The average molecular weight is 663 g/mol. The molecule has 0 unspecified atom stereocenters. The van der Waals surface area contributed by atoms with Gasteiger partial charge in [0.15, 0.2) is 11.2 Å². The van der Waals surface area contributed by atoms with E-state index in [9.17, 15) is 18.0 Å². The number of hydrogen-bond donors (Lipinski definition) is 3. The second-order valence-corrected chi connectivity index (χ2v) is 11.4. The number of rotatable bonds is 6. The number of carbonyl (C=O) groups excluding carboxylic acids is 1. The number of fused-ring (bicyclic) bond motifs is 2. The summed E-state index contributed by atoms with van der Waals surface area (Å²) in [7, 11) is 0. The van der Waals surface area contributed by atoms with E-state index in [1.807, 2.05) is 12.1 Å². The highest BCUT2D eigenvalue weighted by molar-refractivity contribution is 6.31. The van der Waals surface area contributed by atoms with Gasteiger partial charge in [-0.3, -0.25) is 4.79 Å². The zero-order valence-corrected chi connectivity index (χ0v) is 25.0. The number of nitrogens with one attached hydrogen (secondary N) is 3. The van der Waals surface area contributed by atoms with Crippen molar-refractivity contribution in [2.45, 2.75) is 31.3 Å². The number of oxazole rings is 2. The number of ether oxygens (including phenoxy) is 1. The molecule has 10 nitrogen and oxygen atoms in total. The minimum atomic E-state index is -4.87. The van der Waals surface area contributed by atoms with E-state index >= 15 is 0 Å². The Morgan fingerprint density at radius 3 is 2.13 bits per heavy atom. The predicted molar refractivity (Wildman–Crippen MR) is 164 cm³/mol. The van der Waals surface area contributed by atoms with Gasteiger partial charge >= 0.3 is 6.36 Å². The molecule has 0 radical (unpaired) electrons. The predicted octanol–water partition coefficient (Wildman–Crippen LogP) is 6.96. The third-order valence-electron chi connectivity index (χ3n) is 7.24. The summed E-state index contributed by atoms with van der Waals surface area (Å²) < 4.78 is 53.0. The zero-order chi connectivity index (χ0) is 31.6. The summed E-state index contributed by atoms with van der Waals surface area (Å²) in [6.07, 6.45) is -3.19. The first-order chi connectivity index (χ1) is 21.6. The second kappa shape index (κ2) is 13.0. The van der Waals surface area contributed by atoms with Crippen LogP contribution in [0, 0.1) is 0 Å². The standard InChI is InChI=1S/C19H15ClF3N3O3.C11H12ClN3O/c20-11-5-6-14-16(9-11)28-18(25-14)24-12-7-8-26(10-12)17(27)13-3-1-2-4-15(13)29-19(21,22)23;12-7-1-2-9-10(5-7)16-11(15-9)14-8-3-4-13-6-8/h1-6,9,12H,7-8,10H2,(H,24,25);1-2,5,8,13H,3-4,6H2,(H,14,15)/t12-;8-/m11/s1. The summed E-state index contributed by atoms with van der Waals surface area (Å²) in [4.78, 5) is 22.9. The number of aromatic nitrogens is 2. The van der Waals surface area contributed by atoms with E-state index in [0.29, 0.717) is 58.7 Å². The fraction of sp³-hybridized carbons (Fsp3) is 0.300. The molecule has 2 saturated heterocycles. The van der Waals surface area contributed by atoms with E-state index < -0.39 is 18.0 Å². The highest BCUT2D eigenvalue weighted by atomic mass is 35.5. The van der Waals surface area contributed by atoms with Crippen molar-refractivity contribution in [3.05, 3.63) is 76.3 Å². The van der Waals surface area contributed by atoms with Crippen molar-refractivity contribution >= 4 is 63.3 Å². The summed E-state index contributed by atoms with van der Waals surface area (Å²) in [5.41, 5.74) is 2.59. The van der Waals surface area contributed by atoms with Gasteiger partial charge in [0.1, 0.15) is 16.8 Å². The molecule has 2 aliphatic rings. The summed E-state index contributed by atoms with van der Waals surface area (Å²) >= 11 is 11.8. The van der Waals surface area contributed by atoms with Crippen LogP contribution in [0.25, 0.3) is 22.2 Å². The first kappa shape index (κ1) is 30.8. The summed E-state index contributed by atoms with van der Waals surface area (Å²) in [6.45, 7) is 2.67. The molecule has 4 heterocycles. The van der Waals surface area contributed by atoms with E-state index in [4.69, 9.17) is 32.0 Å². The lowest BCUT2D eigenvalue weighted by atomic mass is 10.2. The van der Waals surface area contributed by atoms with Gasteiger partial charge in [0.25, 0.3) is 17.9 Å². The molecule has 2 aromatic heterocycles. The lowest BCUT2D eigenvalue weighted by Crippen LogP contribution is -2.32. The normalized spacial score (nSPS) is 18.2. The van der Waals surface area contributed by atoms with Crippen LogP contribution in [-0.4, -0.2) is 65.4 Å². The van der Waals surface area contributed by atoms with Crippen LogP contribution in [0.15, 0.2) is 69.5 Å². The smallest absolute Gasteiger partial charge is 0.423 e. The number of nitrogens with zero attached hydrogens (tertiary/aromatic N) is 3. The highest BCUT2D eigenvalue weighted by Gasteiger charge is 2.35. The summed E-state index contributed by atoms with van der Waals surface area (Å²) in [5, 5.41) is 10.9. The number of carbonyl (C=O) groups is 1. The molecular weight excluding hydrogens is 636 g/mol. The van der Waals surface area contributed by atoms with Gasteiger partial charge in [-0.25, -0.2) is 0 Å². The van der Waals surface area contributed by atoms with Gasteiger partial charge in [-0.2, -0.15) is 9.97 Å². The molecule has 7 rings (SSSR count). The Labute approximate surface area is 264 Å². The largest absolute Gasteiger partial charge is 0.573 e. The van der Waals surface area contributed by atoms with E-state index in [-0.39, 0.29) is 11.6 Å². The Morgan fingerprint density at radius 1 is 0.911 bits per heavy atom. The van der Waals surface area contributed by atoms with Gasteiger partial charge in [-0.05, 0) is 55.8 Å². The van der Waals surface area contributed by atoms with E-state index in [1.165, 1.54) is 23.1 Å². The topological polar surface area (TPSA) is 118 Å². The van der Waals surface area contributed by atoms with Crippen LogP contribution in [-0.2, 0) is 0 Å². The molecule has 15 heteroatoms. The Balaban J connectivity index is 0.000000187. The lowest BCUT2D eigenvalue weighted by Gasteiger charge is -2.19. The van der Waals surface area contributed by atoms with Crippen molar-refractivity contribution < 1.29 is 31.5 Å². The van der Waals surface area contributed by atoms with Crippen molar-refractivity contribution in [1.29, 1.82) is 0 Å². The summed E-state index contributed by atoms with van der Waals surface area (Å²) in [5.74, 6) is -1.05. The summed E-state index contributed by atoms with van der Waals surface area (Å²) in [6, 6.07) is 17.0. The number of likely N-dealkylation sites (tertiary alicyclic amines) is 1. The molecule has 0 saturated carbocycles. The van der Waals surface area contributed by atoms with Gasteiger partial charge in [0, 0.05) is 53.9 Å². The SMILES string of the molecule is Clc1ccc2nc(N[C@@H]3CCNC3)oc2c1.O=C(c1ccccc1OC(F)(F)F)N1CC[C@@H](Nc2nc3ccc(Cl)cc3o2)C1. The number of anilines is 2. The first-order valence-electron chi connectivity index (χ1n) is 14.1. The molecule has 3 aromatic carbocycles. The molecule has 5 aromatic rings. The second-order valence-electron chi connectivity index (χ2n) is 10.5. The maximum absolute atomic E-state index is 12.7. The van der Waals surface area contributed by atoms with Crippen LogP contribution in [0.1, 0.15) is 23.2 Å². The van der Waals surface area contributed by atoms with Crippen LogP contribution in [0.2, 0.25) is 10.0 Å². The molecule has 2 atom stereocenters. The Bertz CT molecular complexity index is 1810. The van der Waals surface area contributed by atoms with Crippen molar-refractivity contribution in [3.63, 3.8) is 0 Å². The fourth-order valence-corrected chi connectivity index (χ4v) is 5.46. The molecule has 45 heavy (non-hydrogen) atoms. The monoisotopic (exact) mass is 662 g/mol. The van der Waals surface area contributed by atoms with Gasteiger partial charge < -0.3 is 34.4 Å². The number of amides is 1. The minimum Gasteiger partial charge on any atom is -0.423 e. The van der Waals surface area contributed by atoms with E-state index in [2.05, 4.69) is 30.7 Å². The van der Waals surface area contributed by atoms with Crippen LogP contribution in [0.5, 0.6) is 5.75 Å². The van der Waals surface area contributed by atoms with Gasteiger partial charge in [0.05, 0.1) is 5.56 Å². The van der Waals surface area contributed by atoms with Crippen LogP contribution in [0.4, 0.5) is 25.2 Å². The molecule has 0 spiro atoms. The fourth-order valence-electron chi connectivity index (χ4n) is 5.14. The van der Waals surface area contributed by atoms with Crippen molar-refractivity contribution in [3.8, 4) is 5.75 Å². The van der Waals surface area contributed by atoms with E-state index in [0.717, 1.165) is 36.7 Å². The van der Waals surface area contributed by atoms with Crippen LogP contribution < -0.4 is 20.7 Å². The first-order valence-corrected chi connectivity index (χ1v) is 14.9. The minimum absolute atomic E-state index is 0.137. The highest BCUT2D eigenvalue weighted by Crippen LogP contribution is 2.29.